The molecule has 1 amide bonds. The molecule has 1 atom stereocenters. The van der Waals surface area contributed by atoms with E-state index in [1.54, 1.807) is 24.3 Å². The molecule has 6 nitrogen and oxygen atoms in total. The molecule has 2 rings (SSSR count). The normalized spacial score (nSPS) is 11.3. The van der Waals surface area contributed by atoms with E-state index < -0.39 is 12.0 Å². The van der Waals surface area contributed by atoms with Gasteiger partial charge in [-0.15, -0.1) is 0 Å². The summed E-state index contributed by atoms with van der Waals surface area (Å²) < 4.78 is 10.1. The van der Waals surface area contributed by atoms with Gasteiger partial charge in [0.25, 0.3) is 5.91 Å². The predicted octanol–water partition coefficient (Wildman–Crippen LogP) is 2.69. The van der Waals surface area contributed by atoms with E-state index in [-0.39, 0.29) is 24.7 Å². The molecule has 0 spiro atoms. The summed E-state index contributed by atoms with van der Waals surface area (Å²) in [4.78, 5) is 35.1. The van der Waals surface area contributed by atoms with Gasteiger partial charge in [-0.25, -0.2) is 0 Å². The molecule has 0 aliphatic carbocycles. The molecule has 0 aliphatic heterocycles. The number of ether oxygens (including phenoxy) is 2. The van der Waals surface area contributed by atoms with Crippen molar-refractivity contribution in [3.8, 4) is 5.75 Å². The Hall–Kier alpha value is -3.15. The third-order valence-corrected chi connectivity index (χ3v) is 3.77. The predicted molar refractivity (Wildman–Crippen MR) is 95.9 cm³/mol. The summed E-state index contributed by atoms with van der Waals surface area (Å²) in [5, 5.41) is 2.78. The van der Waals surface area contributed by atoms with Crippen LogP contribution >= 0.6 is 0 Å². The van der Waals surface area contributed by atoms with Crippen LogP contribution in [0, 0.1) is 0 Å². The lowest BCUT2D eigenvalue weighted by molar-refractivity contribution is -0.141. The molecule has 0 saturated heterocycles. The quantitative estimate of drug-likeness (QED) is 0.582. The van der Waals surface area contributed by atoms with Crippen LogP contribution in [0.5, 0.6) is 5.75 Å². The van der Waals surface area contributed by atoms with Gasteiger partial charge in [0.05, 0.1) is 19.6 Å². The number of Topliss-reactive ketones (excluding diaryl/α,β-unsaturated/α-hetero) is 1. The molecule has 0 fully saturated rings. The topological polar surface area (TPSA) is 81.7 Å². The fourth-order valence-corrected chi connectivity index (χ4v) is 2.36. The Bertz CT molecular complexity index is 756. The van der Waals surface area contributed by atoms with Gasteiger partial charge in [0, 0.05) is 5.56 Å². The van der Waals surface area contributed by atoms with Crippen LogP contribution < -0.4 is 10.1 Å². The zero-order valence-corrected chi connectivity index (χ0v) is 14.7. The number of hydrogen-bond donors (Lipinski definition) is 1. The Morgan fingerprint density at radius 1 is 1.00 bits per heavy atom. The average molecular weight is 355 g/mol. The monoisotopic (exact) mass is 355 g/mol. The number of ketones is 1. The number of hydrogen-bond acceptors (Lipinski definition) is 5. The Balaban J connectivity index is 1.96. The minimum absolute atomic E-state index is 0.0273. The van der Waals surface area contributed by atoms with E-state index >= 15 is 0 Å². The van der Waals surface area contributed by atoms with Gasteiger partial charge < -0.3 is 14.8 Å². The Morgan fingerprint density at radius 2 is 1.65 bits per heavy atom. The van der Waals surface area contributed by atoms with Gasteiger partial charge in [-0.05, 0) is 36.8 Å². The van der Waals surface area contributed by atoms with Crippen molar-refractivity contribution < 1.29 is 23.9 Å². The van der Waals surface area contributed by atoms with E-state index in [1.807, 2.05) is 30.3 Å². The summed E-state index contributed by atoms with van der Waals surface area (Å²) in [7, 11) is 1.31. The van der Waals surface area contributed by atoms with Crippen molar-refractivity contribution in [2.75, 3.05) is 13.7 Å². The zero-order chi connectivity index (χ0) is 18.9. The second-order valence-electron chi connectivity index (χ2n) is 5.68. The molecule has 26 heavy (non-hydrogen) atoms. The Morgan fingerprint density at radius 3 is 2.23 bits per heavy atom. The van der Waals surface area contributed by atoms with Gasteiger partial charge in [0.2, 0.25) is 0 Å². The van der Waals surface area contributed by atoms with Crippen LogP contribution in [-0.2, 0) is 14.3 Å². The molecule has 0 aliphatic rings. The third kappa shape index (κ3) is 5.73. The second kappa shape index (κ2) is 9.36. The first-order valence-electron chi connectivity index (χ1n) is 8.14. The first-order chi connectivity index (χ1) is 12.5. The molecule has 6 heteroatoms. The first kappa shape index (κ1) is 19.2. The number of carbonyl (C=O) groups is 3. The van der Waals surface area contributed by atoms with Crippen molar-refractivity contribution >= 4 is 17.7 Å². The standard InChI is InChI=1S/C20H21NO5/c1-14(22)15-8-10-17(11-9-15)26-13-19(23)21-18(12-20(24)25-2)16-6-4-3-5-7-16/h3-11,18H,12-13H2,1-2H3,(H,21,23). The summed E-state index contributed by atoms with van der Waals surface area (Å²) in [5.41, 5.74) is 1.38. The number of benzene rings is 2. The number of amides is 1. The van der Waals surface area contributed by atoms with Crippen LogP contribution in [-0.4, -0.2) is 31.4 Å². The highest BCUT2D eigenvalue weighted by molar-refractivity contribution is 5.94. The molecule has 136 valence electrons. The largest absolute Gasteiger partial charge is 0.484 e. The Kier molecular flexibility index (Phi) is 6.91. The summed E-state index contributed by atoms with van der Waals surface area (Å²) in [6, 6.07) is 15.2. The van der Waals surface area contributed by atoms with Gasteiger partial charge in [-0.1, -0.05) is 30.3 Å². The summed E-state index contributed by atoms with van der Waals surface area (Å²) in [5.74, 6) is -0.338. The summed E-state index contributed by atoms with van der Waals surface area (Å²) in [6.45, 7) is 1.28. The van der Waals surface area contributed by atoms with Gasteiger partial charge >= 0.3 is 5.97 Å². The van der Waals surface area contributed by atoms with Crippen molar-refractivity contribution in [1.29, 1.82) is 0 Å². The lowest BCUT2D eigenvalue weighted by Crippen LogP contribution is -2.34. The highest BCUT2D eigenvalue weighted by atomic mass is 16.5. The van der Waals surface area contributed by atoms with Crippen molar-refractivity contribution in [3.05, 3.63) is 65.7 Å². The van der Waals surface area contributed by atoms with E-state index in [9.17, 15) is 14.4 Å². The van der Waals surface area contributed by atoms with Crippen LogP contribution in [0.4, 0.5) is 0 Å². The average Bonchev–Trinajstić information content (AvgIpc) is 2.66. The second-order valence-corrected chi connectivity index (χ2v) is 5.68. The first-order valence-corrected chi connectivity index (χ1v) is 8.14. The van der Waals surface area contributed by atoms with Crippen LogP contribution in [0.25, 0.3) is 0 Å². The van der Waals surface area contributed by atoms with E-state index in [4.69, 9.17) is 9.47 Å². The molecule has 2 aromatic rings. The molecule has 0 saturated carbocycles. The molecular weight excluding hydrogens is 334 g/mol. The maximum absolute atomic E-state index is 12.2. The third-order valence-electron chi connectivity index (χ3n) is 3.77. The zero-order valence-electron chi connectivity index (χ0n) is 14.7. The smallest absolute Gasteiger partial charge is 0.307 e. The fraction of sp³-hybridized carbons (Fsp3) is 0.250. The molecule has 2 aromatic carbocycles. The number of carbonyl (C=O) groups excluding carboxylic acids is 3. The van der Waals surface area contributed by atoms with Crippen LogP contribution in [0.3, 0.4) is 0 Å². The van der Waals surface area contributed by atoms with E-state index in [2.05, 4.69) is 5.32 Å². The SMILES string of the molecule is COC(=O)CC(NC(=O)COc1ccc(C(C)=O)cc1)c1ccccc1. The van der Waals surface area contributed by atoms with Gasteiger partial charge in [-0.2, -0.15) is 0 Å². The highest BCUT2D eigenvalue weighted by Crippen LogP contribution is 2.17. The molecule has 0 heterocycles. The van der Waals surface area contributed by atoms with Crippen molar-refractivity contribution in [2.24, 2.45) is 0 Å². The lowest BCUT2D eigenvalue weighted by atomic mass is 10.0. The van der Waals surface area contributed by atoms with E-state index in [1.165, 1.54) is 14.0 Å². The number of nitrogens with one attached hydrogen (secondary N) is 1. The Labute approximate surface area is 152 Å². The number of rotatable bonds is 8. The molecule has 1 N–H and O–H groups in total. The van der Waals surface area contributed by atoms with Gasteiger partial charge in [-0.3, -0.25) is 14.4 Å². The lowest BCUT2D eigenvalue weighted by Gasteiger charge is -2.18. The molecule has 0 aromatic heterocycles. The number of esters is 1. The van der Waals surface area contributed by atoms with Crippen LogP contribution in [0.2, 0.25) is 0 Å². The van der Waals surface area contributed by atoms with E-state index in [0.29, 0.717) is 11.3 Å². The van der Waals surface area contributed by atoms with Crippen LogP contribution in [0.1, 0.15) is 35.3 Å². The molecule has 0 radical (unpaired) electrons. The summed E-state index contributed by atoms with van der Waals surface area (Å²) in [6.07, 6.45) is 0.0273. The maximum atomic E-state index is 12.2. The van der Waals surface area contributed by atoms with Gasteiger partial charge in [0.1, 0.15) is 5.75 Å². The fourth-order valence-electron chi connectivity index (χ4n) is 2.36. The molecule has 0 bridgehead atoms. The summed E-state index contributed by atoms with van der Waals surface area (Å²) >= 11 is 0. The molecular formula is C20H21NO5. The van der Waals surface area contributed by atoms with Crippen molar-refractivity contribution in [1.82, 2.24) is 5.32 Å². The van der Waals surface area contributed by atoms with E-state index in [0.717, 1.165) is 5.56 Å². The molecule has 1 unspecified atom stereocenters. The van der Waals surface area contributed by atoms with Crippen molar-refractivity contribution in [2.45, 2.75) is 19.4 Å². The maximum Gasteiger partial charge on any atom is 0.307 e. The number of methoxy groups -OCH3 is 1. The minimum atomic E-state index is -0.500. The van der Waals surface area contributed by atoms with Crippen molar-refractivity contribution in [3.63, 3.8) is 0 Å². The minimum Gasteiger partial charge on any atom is -0.484 e. The highest BCUT2D eigenvalue weighted by Gasteiger charge is 2.19. The van der Waals surface area contributed by atoms with Crippen LogP contribution in [0.15, 0.2) is 54.6 Å². The van der Waals surface area contributed by atoms with Gasteiger partial charge in [0.15, 0.2) is 12.4 Å².